The Hall–Kier alpha value is -1.55. The smallest absolute Gasteiger partial charge is 0.251 e. The summed E-state index contributed by atoms with van der Waals surface area (Å²) in [6.45, 7) is 10.6. The topological polar surface area (TPSA) is 78.0 Å². The molecule has 1 amide bonds. The maximum absolute atomic E-state index is 12.2. The molecular weight excluding hydrogens is 481 g/mol. The van der Waals surface area contributed by atoms with Crippen LogP contribution in [0.5, 0.6) is 5.75 Å². The van der Waals surface area contributed by atoms with Crippen LogP contribution >= 0.6 is 24.0 Å². The second-order valence-corrected chi connectivity index (χ2v) is 7.29. The molecule has 164 valence electrons. The number of carbonyl (C=O) groups is 1. The van der Waals surface area contributed by atoms with Gasteiger partial charge in [-0.3, -0.25) is 9.79 Å². The molecule has 8 heteroatoms. The predicted octanol–water partition coefficient (Wildman–Crippen LogP) is 2.47. The number of hydrogen-bond acceptors (Lipinski definition) is 4. The Balaban J connectivity index is 0.00000420. The van der Waals surface area contributed by atoms with Gasteiger partial charge in [0, 0.05) is 43.8 Å². The zero-order valence-electron chi connectivity index (χ0n) is 18.0. The fourth-order valence-electron chi connectivity index (χ4n) is 3.26. The number of methoxy groups -OCH3 is 1. The van der Waals surface area contributed by atoms with Crippen molar-refractivity contribution < 1.29 is 9.53 Å². The number of ether oxygens (including phenoxy) is 1. The van der Waals surface area contributed by atoms with Gasteiger partial charge in [0.2, 0.25) is 0 Å². The van der Waals surface area contributed by atoms with Crippen molar-refractivity contribution >= 4 is 35.8 Å². The summed E-state index contributed by atoms with van der Waals surface area (Å²) in [4.78, 5) is 19.3. The molecule has 2 rings (SSSR count). The largest absolute Gasteiger partial charge is 0.497 e. The molecule has 0 spiro atoms. The Morgan fingerprint density at radius 2 is 1.86 bits per heavy atom. The van der Waals surface area contributed by atoms with E-state index < -0.39 is 0 Å². The SMILES string of the molecule is CCNC(=NCCNC(=O)c1ccc(OC)cc1)NC1CCN(C(C)C)CC1.I. The Bertz CT molecular complexity index is 628. The van der Waals surface area contributed by atoms with E-state index in [-0.39, 0.29) is 29.9 Å². The molecule has 1 aromatic rings. The van der Waals surface area contributed by atoms with Gasteiger partial charge >= 0.3 is 0 Å². The molecule has 1 aliphatic heterocycles. The third kappa shape index (κ3) is 8.77. The maximum Gasteiger partial charge on any atom is 0.251 e. The van der Waals surface area contributed by atoms with Crippen LogP contribution in [0.15, 0.2) is 29.3 Å². The number of nitrogens with zero attached hydrogens (tertiary/aromatic N) is 2. The minimum Gasteiger partial charge on any atom is -0.497 e. The zero-order valence-corrected chi connectivity index (χ0v) is 20.4. The summed E-state index contributed by atoms with van der Waals surface area (Å²) in [5.74, 6) is 1.46. The van der Waals surface area contributed by atoms with Crippen molar-refractivity contribution in [1.82, 2.24) is 20.9 Å². The summed E-state index contributed by atoms with van der Waals surface area (Å²) < 4.78 is 5.11. The van der Waals surface area contributed by atoms with Crippen LogP contribution < -0.4 is 20.7 Å². The van der Waals surface area contributed by atoms with Gasteiger partial charge in [0.25, 0.3) is 5.91 Å². The number of hydrogen-bond donors (Lipinski definition) is 3. The van der Waals surface area contributed by atoms with Crippen molar-refractivity contribution in [1.29, 1.82) is 0 Å². The van der Waals surface area contributed by atoms with Gasteiger partial charge in [-0.05, 0) is 57.9 Å². The highest BCUT2D eigenvalue weighted by atomic mass is 127. The number of halogens is 1. The molecule has 0 aliphatic carbocycles. The number of rotatable bonds is 8. The van der Waals surface area contributed by atoms with E-state index in [9.17, 15) is 4.79 Å². The first-order valence-corrected chi connectivity index (χ1v) is 10.2. The number of piperidine rings is 1. The quantitative estimate of drug-likeness (QED) is 0.214. The number of benzene rings is 1. The van der Waals surface area contributed by atoms with E-state index in [1.807, 2.05) is 0 Å². The fourth-order valence-corrected chi connectivity index (χ4v) is 3.26. The highest BCUT2D eigenvalue weighted by Crippen LogP contribution is 2.13. The third-order valence-electron chi connectivity index (χ3n) is 4.96. The van der Waals surface area contributed by atoms with E-state index in [1.165, 1.54) is 0 Å². The first-order valence-electron chi connectivity index (χ1n) is 10.2. The number of guanidine groups is 1. The average molecular weight is 517 g/mol. The normalized spacial score (nSPS) is 15.6. The maximum atomic E-state index is 12.2. The molecule has 0 unspecified atom stereocenters. The summed E-state index contributed by atoms with van der Waals surface area (Å²) in [5.41, 5.74) is 0.617. The van der Waals surface area contributed by atoms with Crippen LogP contribution in [0.3, 0.4) is 0 Å². The number of amides is 1. The Kier molecular flexibility index (Phi) is 12.0. The van der Waals surface area contributed by atoms with Crippen LogP contribution in [0.2, 0.25) is 0 Å². The van der Waals surface area contributed by atoms with Crippen LogP contribution in [-0.2, 0) is 0 Å². The van der Waals surface area contributed by atoms with Gasteiger partial charge in [0.1, 0.15) is 5.75 Å². The molecule has 3 N–H and O–H groups in total. The van der Waals surface area contributed by atoms with Gasteiger partial charge in [-0.1, -0.05) is 0 Å². The lowest BCUT2D eigenvalue weighted by Crippen LogP contribution is -2.50. The van der Waals surface area contributed by atoms with E-state index >= 15 is 0 Å². The van der Waals surface area contributed by atoms with Crippen molar-refractivity contribution in [3.63, 3.8) is 0 Å². The van der Waals surface area contributed by atoms with E-state index in [0.717, 1.165) is 44.2 Å². The number of carbonyl (C=O) groups excluding carboxylic acids is 1. The van der Waals surface area contributed by atoms with E-state index in [4.69, 9.17) is 4.74 Å². The average Bonchev–Trinajstić information content (AvgIpc) is 2.71. The molecule has 0 radical (unpaired) electrons. The van der Waals surface area contributed by atoms with Crippen LogP contribution in [-0.4, -0.2) is 68.7 Å². The van der Waals surface area contributed by atoms with E-state index in [2.05, 4.69) is 46.6 Å². The summed E-state index contributed by atoms with van der Waals surface area (Å²) in [5, 5.41) is 9.74. The van der Waals surface area contributed by atoms with Crippen LogP contribution in [0.25, 0.3) is 0 Å². The van der Waals surface area contributed by atoms with Crippen LogP contribution in [0.1, 0.15) is 44.0 Å². The first kappa shape index (κ1) is 25.5. The predicted molar refractivity (Wildman–Crippen MR) is 130 cm³/mol. The zero-order chi connectivity index (χ0) is 20.4. The van der Waals surface area contributed by atoms with E-state index in [1.54, 1.807) is 31.4 Å². The summed E-state index contributed by atoms with van der Waals surface area (Å²) in [6.07, 6.45) is 2.24. The summed E-state index contributed by atoms with van der Waals surface area (Å²) in [7, 11) is 1.61. The second kappa shape index (κ2) is 13.6. The molecule has 1 aliphatic rings. The van der Waals surface area contributed by atoms with Crippen molar-refractivity contribution in [2.75, 3.05) is 39.8 Å². The molecule has 0 aromatic heterocycles. The third-order valence-corrected chi connectivity index (χ3v) is 4.96. The van der Waals surface area contributed by atoms with Gasteiger partial charge < -0.3 is 25.6 Å². The van der Waals surface area contributed by atoms with Gasteiger partial charge in [-0.2, -0.15) is 0 Å². The Morgan fingerprint density at radius 3 is 2.41 bits per heavy atom. The van der Waals surface area contributed by atoms with Gasteiger partial charge in [-0.25, -0.2) is 0 Å². The molecule has 1 fully saturated rings. The summed E-state index contributed by atoms with van der Waals surface area (Å²) >= 11 is 0. The van der Waals surface area contributed by atoms with Crippen LogP contribution in [0.4, 0.5) is 0 Å². The molecule has 1 saturated heterocycles. The van der Waals surface area contributed by atoms with Crippen molar-refractivity contribution in [2.24, 2.45) is 4.99 Å². The van der Waals surface area contributed by atoms with Gasteiger partial charge in [0.15, 0.2) is 5.96 Å². The van der Waals surface area contributed by atoms with Crippen molar-refractivity contribution in [3.8, 4) is 5.75 Å². The standard InChI is InChI=1S/C21H35N5O2.HI/c1-5-22-21(25-18-10-14-26(15-11-18)16(2)3)24-13-12-23-20(27)17-6-8-19(28-4)9-7-17;/h6-9,16,18H,5,10-15H2,1-4H3,(H,23,27)(H2,22,24,25);1H. The molecule has 0 saturated carbocycles. The lowest BCUT2D eigenvalue weighted by molar-refractivity contribution is 0.0954. The minimum atomic E-state index is -0.100. The molecule has 29 heavy (non-hydrogen) atoms. The van der Waals surface area contributed by atoms with Crippen molar-refractivity contribution in [2.45, 2.75) is 45.7 Å². The fraction of sp³-hybridized carbons (Fsp3) is 0.619. The minimum absolute atomic E-state index is 0. The van der Waals surface area contributed by atoms with Crippen LogP contribution in [0, 0.1) is 0 Å². The second-order valence-electron chi connectivity index (χ2n) is 7.29. The Morgan fingerprint density at radius 1 is 1.21 bits per heavy atom. The summed E-state index contributed by atoms with van der Waals surface area (Å²) in [6, 6.07) is 8.13. The van der Waals surface area contributed by atoms with Crippen molar-refractivity contribution in [3.05, 3.63) is 29.8 Å². The number of aliphatic imine (C=N–C) groups is 1. The van der Waals surface area contributed by atoms with Gasteiger partial charge in [0.05, 0.1) is 13.7 Å². The number of nitrogens with one attached hydrogen (secondary N) is 3. The van der Waals surface area contributed by atoms with E-state index in [0.29, 0.717) is 30.7 Å². The molecule has 7 nitrogen and oxygen atoms in total. The lowest BCUT2D eigenvalue weighted by atomic mass is 10.0. The lowest BCUT2D eigenvalue weighted by Gasteiger charge is -2.35. The Labute approximate surface area is 192 Å². The molecule has 1 heterocycles. The molecule has 0 bridgehead atoms. The van der Waals surface area contributed by atoms with Gasteiger partial charge in [-0.15, -0.1) is 24.0 Å². The highest BCUT2D eigenvalue weighted by molar-refractivity contribution is 14.0. The first-order chi connectivity index (χ1) is 13.5. The number of likely N-dealkylation sites (tertiary alicyclic amines) is 1. The molecular formula is C21H36IN5O2. The molecule has 0 atom stereocenters. The monoisotopic (exact) mass is 517 g/mol. The highest BCUT2D eigenvalue weighted by Gasteiger charge is 2.21. The molecule has 1 aromatic carbocycles.